The van der Waals surface area contributed by atoms with Crippen LogP contribution in [-0.4, -0.2) is 37.7 Å². The molecular weight excluding hydrogens is 308 g/mol. The quantitative estimate of drug-likeness (QED) is 0.926. The second kappa shape index (κ2) is 5.69. The third-order valence-electron chi connectivity index (χ3n) is 3.81. The Kier molecular flexibility index (Phi) is 3.96. The van der Waals surface area contributed by atoms with E-state index in [1.807, 2.05) is 0 Å². The molecule has 0 aromatic heterocycles. The highest BCUT2D eigenvalue weighted by Crippen LogP contribution is 2.40. The lowest BCUT2D eigenvalue weighted by molar-refractivity contribution is 0.169. The van der Waals surface area contributed by atoms with E-state index in [0.29, 0.717) is 19.8 Å². The van der Waals surface area contributed by atoms with Gasteiger partial charge in [-0.05, 0) is 59.6 Å². The van der Waals surface area contributed by atoms with Crippen molar-refractivity contribution >= 4 is 15.9 Å². The topological polar surface area (TPSA) is 47.7 Å². The van der Waals surface area contributed by atoms with Crippen molar-refractivity contribution < 1.29 is 9.47 Å². The molecule has 19 heavy (non-hydrogen) atoms. The fraction of sp³-hybridized carbons (Fsp3) is 0.571. The van der Waals surface area contributed by atoms with Gasteiger partial charge in [-0.25, -0.2) is 0 Å². The molecule has 104 valence electrons. The van der Waals surface area contributed by atoms with Crippen molar-refractivity contribution in [2.75, 3.05) is 32.8 Å². The van der Waals surface area contributed by atoms with Gasteiger partial charge in [-0.1, -0.05) is 0 Å². The third-order valence-corrected chi connectivity index (χ3v) is 4.40. The number of halogens is 1. The van der Waals surface area contributed by atoms with Gasteiger partial charge in [0, 0.05) is 12.6 Å². The van der Waals surface area contributed by atoms with Crippen LogP contribution in [0.25, 0.3) is 0 Å². The first-order valence-electron chi connectivity index (χ1n) is 6.83. The lowest BCUT2D eigenvalue weighted by Gasteiger charge is -2.28. The minimum atomic E-state index is 0.273. The number of likely N-dealkylation sites (tertiary alicyclic amines) is 1. The molecule has 0 amide bonds. The summed E-state index contributed by atoms with van der Waals surface area (Å²) in [6.45, 7) is 4.12. The van der Waals surface area contributed by atoms with Crippen LogP contribution in [-0.2, 0) is 0 Å². The Labute approximate surface area is 122 Å². The second-order valence-electron chi connectivity index (χ2n) is 5.02. The van der Waals surface area contributed by atoms with Crippen molar-refractivity contribution in [2.45, 2.75) is 18.9 Å². The summed E-state index contributed by atoms with van der Waals surface area (Å²) in [5.41, 5.74) is 7.19. The first-order chi connectivity index (χ1) is 9.29. The van der Waals surface area contributed by atoms with E-state index in [0.717, 1.165) is 29.1 Å². The molecule has 0 bridgehead atoms. The molecule has 1 aromatic carbocycles. The van der Waals surface area contributed by atoms with E-state index >= 15 is 0 Å². The van der Waals surface area contributed by atoms with Gasteiger partial charge in [0.2, 0.25) is 0 Å². The van der Waals surface area contributed by atoms with E-state index in [1.54, 1.807) is 0 Å². The number of nitrogens with zero attached hydrogens (tertiary/aromatic N) is 1. The van der Waals surface area contributed by atoms with Crippen LogP contribution in [0.5, 0.6) is 11.5 Å². The van der Waals surface area contributed by atoms with Crippen LogP contribution < -0.4 is 15.2 Å². The predicted octanol–water partition coefficient (Wildman–Crippen LogP) is 2.32. The van der Waals surface area contributed by atoms with Gasteiger partial charge in [0.1, 0.15) is 13.2 Å². The standard InChI is InChI=1S/C14H19BrN2O2/c15-11-7-10(8-13-14(11)19-6-5-18-13)12(9-16)17-3-1-2-4-17/h7-8,12H,1-6,9,16H2. The average molecular weight is 327 g/mol. The molecule has 1 atom stereocenters. The van der Waals surface area contributed by atoms with Gasteiger partial charge < -0.3 is 15.2 Å². The summed E-state index contributed by atoms with van der Waals surface area (Å²) >= 11 is 3.57. The Morgan fingerprint density at radius 2 is 1.95 bits per heavy atom. The molecule has 1 unspecified atom stereocenters. The van der Waals surface area contributed by atoms with Crippen molar-refractivity contribution in [2.24, 2.45) is 5.73 Å². The highest BCUT2D eigenvalue weighted by Gasteiger charge is 2.25. The first-order valence-corrected chi connectivity index (χ1v) is 7.62. The number of benzene rings is 1. The van der Waals surface area contributed by atoms with Crippen LogP contribution in [0, 0.1) is 0 Å². The van der Waals surface area contributed by atoms with E-state index in [1.165, 1.54) is 18.4 Å². The molecule has 5 heteroatoms. The predicted molar refractivity (Wildman–Crippen MR) is 77.7 cm³/mol. The van der Waals surface area contributed by atoms with Gasteiger partial charge in [0.05, 0.1) is 4.47 Å². The van der Waals surface area contributed by atoms with Crippen LogP contribution in [0.1, 0.15) is 24.4 Å². The Balaban J connectivity index is 1.92. The van der Waals surface area contributed by atoms with Crippen LogP contribution >= 0.6 is 15.9 Å². The van der Waals surface area contributed by atoms with Crippen molar-refractivity contribution in [1.82, 2.24) is 4.90 Å². The summed E-state index contributed by atoms with van der Waals surface area (Å²) in [5.74, 6) is 1.64. The van der Waals surface area contributed by atoms with E-state index in [9.17, 15) is 0 Å². The molecule has 3 rings (SSSR count). The Morgan fingerprint density at radius 3 is 2.68 bits per heavy atom. The fourth-order valence-electron chi connectivity index (χ4n) is 2.87. The van der Waals surface area contributed by atoms with Gasteiger partial charge in [-0.3, -0.25) is 4.90 Å². The molecular formula is C14H19BrN2O2. The monoisotopic (exact) mass is 326 g/mol. The molecule has 0 aliphatic carbocycles. The maximum Gasteiger partial charge on any atom is 0.175 e. The van der Waals surface area contributed by atoms with Gasteiger partial charge in [-0.15, -0.1) is 0 Å². The third kappa shape index (κ3) is 2.59. The van der Waals surface area contributed by atoms with Crippen LogP contribution in [0.3, 0.4) is 0 Å². The molecule has 1 saturated heterocycles. The molecule has 2 N–H and O–H groups in total. The Bertz CT molecular complexity index is 461. The number of hydrogen-bond acceptors (Lipinski definition) is 4. The molecule has 2 aliphatic heterocycles. The lowest BCUT2D eigenvalue weighted by Crippen LogP contribution is -2.31. The summed E-state index contributed by atoms with van der Waals surface area (Å²) in [7, 11) is 0. The largest absolute Gasteiger partial charge is 0.486 e. The summed E-state index contributed by atoms with van der Waals surface area (Å²) in [5, 5.41) is 0. The number of rotatable bonds is 3. The SMILES string of the molecule is NCC(c1cc(Br)c2c(c1)OCCO2)N1CCCC1. The molecule has 0 saturated carbocycles. The highest BCUT2D eigenvalue weighted by atomic mass is 79.9. The maximum atomic E-state index is 5.98. The Hall–Kier alpha value is -0.780. The maximum absolute atomic E-state index is 5.98. The molecule has 1 fully saturated rings. The molecule has 4 nitrogen and oxygen atoms in total. The molecule has 2 aliphatic rings. The van der Waals surface area contributed by atoms with Crippen molar-refractivity contribution in [3.8, 4) is 11.5 Å². The summed E-state index contributed by atoms with van der Waals surface area (Å²) in [6, 6.07) is 4.47. The molecule has 0 radical (unpaired) electrons. The van der Waals surface area contributed by atoms with E-state index in [2.05, 4.69) is 33.0 Å². The number of fused-ring (bicyclic) bond motifs is 1. The summed E-state index contributed by atoms with van der Waals surface area (Å²) in [6.07, 6.45) is 2.53. The van der Waals surface area contributed by atoms with Gasteiger partial charge in [0.15, 0.2) is 11.5 Å². The van der Waals surface area contributed by atoms with Gasteiger partial charge in [0.25, 0.3) is 0 Å². The molecule has 1 aromatic rings. The van der Waals surface area contributed by atoms with Crippen molar-refractivity contribution in [3.63, 3.8) is 0 Å². The van der Waals surface area contributed by atoms with Crippen LogP contribution in [0.15, 0.2) is 16.6 Å². The van der Waals surface area contributed by atoms with E-state index < -0.39 is 0 Å². The zero-order valence-electron chi connectivity index (χ0n) is 10.9. The second-order valence-corrected chi connectivity index (χ2v) is 5.88. The van der Waals surface area contributed by atoms with E-state index in [-0.39, 0.29) is 6.04 Å². The number of nitrogens with two attached hydrogens (primary N) is 1. The summed E-state index contributed by atoms with van der Waals surface area (Å²) in [4.78, 5) is 2.46. The van der Waals surface area contributed by atoms with Crippen LogP contribution in [0.2, 0.25) is 0 Å². The smallest absolute Gasteiger partial charge is 0.175 e. The van der Waals surface area contributed by atoms with Crippen LogP contribution in [0.4, 0.5) is 0 Å². The van der Waals surface area contributed by atoms with Gasteiger partial charge >= 0.3 is 0 Å². The molecule has 0 spiro atoms. The van der Waals surface area contributed by atoms with Crippen molar-refractivity contribution in [1.29, 1.82) is 0 Å². The number of ether oxygens (including phenoxy) is 2. The minimum absolute atomic E-state index is 0.273. The van der Waals surface area contributed by atoms with E-state index in [4.69, 9.17) is 15.2 Å². The van der Waals surface area contributed by atoms with Gasteiger partial charge in [-0.2, -0.15) is 0 Å². The fourth-order valence-corrected chi connectivity index (χ4v) is 3.45. The zero-order valence-corrected chi connectivity index (χ0v) is 12.5. The highest BCUT2D eigenvalue weighted by molar-refractivity contribution is 9.10. The lowest BCUT2D eigenvalue weighted by atomic mass is 10.0. The Morgan fingerprint density at radius 1 is 1.21 bits per heavy atom. The summed E-state index contributed by atoms with van der Waals surface area (Å²) < 4.78 is 12.3. The average Bonchev–Trinajstić information content (AvgIpc) is 2.94. The van der Waals surface area contributed by atoms with Crippen molar-refractivity contribution in [3.05, 3.63) is 22.2 Å². The number of hydrogen-bond donors (Lipinski definition) is 1. The minimum Gasteiger partial charge on any atom is -0.486 e. The molecule has 2 heterocycles. The first kappa shape index (κ1) is 13.2. The zero-order chi connectivity index (χ0) is 13.2. The normalized spacial score (nSPS) is 20.5.